The van der Waals surface area contributed by atoms with Crippen molar-refractivity contribution in [2.75, 3.05) is 0 Å². The van der Waals surface area contributed by atoms with E-state index in [0.29, 0.717) is 0 Å². The average molecular weight is 129 g/mol. The minimum absolute atomic E-state index is 1.00. The smallest absolute Gasteiger partial charge is 0.271 e. The van der Waals surface area contributed by atoms with Crippen LogP contribution < -0.4 is 0 Å². The Morgan fingerprint density at radius 3 is 2.25 bits per heavy atom. The maximum atomic E-state index is 8.10. The standard InChI is InChI=1S/C5H11NOSi/c1-4-8(2,3)7-5-6/h4H2,1-3H3. The molecule has 0 aromatic rings. The van der Waals surface area contributed by atoms with Crippen LogP contribution in [0.1, 0.15) is 6.92 Å². The first kappa shape index (κ1) is 7.51. The largest absolute Gasteiger partial charge is 0.482 e. The van der Waals surface area contributed by atoms with Crippen LogP contribution in [0.5, 0.6) is 0 Å². The maximum Gasteiger partial charge on any atom is 0.271 e. The number of nitrogens with zero attached hydrogens (tertiary/aromatic N) is 1. The third-order valence-corrected chi connectivity index (χ3v) is 3.52. The zero-order valence-electron chi connectivity index (χ0n) is 5.56. The Hall–Kier alpha value is -0.493. The van der Waals surface area contributed by atoms with E-state index in [0.717, 1.165) is 6.04 Å². The third-order valence-electron chi connectivity index (χ3n) is 1.17. The van der Waals surface area contributed by atoms with Gasteiger partial charge in [-0.25, -0.2) is 0 Å². The van der Waals surface area contributed by atoms with E-state index in [1.54, 1.807) is 6.26 Å². The molecule has 0 radical (unpaired) electrons. The molecule has 0 aromatic heterocycles. The van der Waals surface area contributed by atoms with Gasteiger partial charge in [-0.3, -0.25) is 0 Å². The number of hydrogen-bond donors (Lipinski definition) is 0. The Bertz CT molecular complexity index is 105. The van der Waals surface area contributed by atoms with Gasteiger partial charge < -0.3 is 4.43 Å². The van der Waals surface area contributed by atoms with E-state index < -0.39 is 8.32 Å². The van der Waals surface area contributed by atoms with Gasteiger partial charge in [0.15, 0.2) is 0 Å². The van der Waals surface area contributed by atoms with E-state index >= 15 is 0 Å². The van der Waals surface area contributed by atoms with Crippen LogP contribution in [0.25, 0.3) is 0 Å². The summed E-state index contributed by atoms with van der Waals surface area (Å²) in [5.74, 6) is 0. The zero-order valence-corrected chi connectivity index (χ0v) is 6.56. The first-order chi connectivity index (χ1) is 3.62. The summed E-state index contributed by atoms with van der Waals surface area (Å²) in [5.41, 5.74) is 0. The van der Waals surface area contributed by atoms with Gasteiger partial charge in [0.25, 0.3) is 14.6 Å². The lowest BCUT2D eigenvalue weighted by molar-refractivity contribution is 0.499. The van der Waals surface area contributed by atoms with Crippen molar-refractivity contribution in [3.05, 3.63) is 0 Å². The van der Waals surface area contributed by atoms with E-state index in [1.807, 2.05) is 20.0 Å². The molecular weight excluding hydrogens is 118 g/mol. The highest BCUT2D eigenvalue weighted by atomic mass is 28.4. The van der Waals surface area contributed by atoms with Crippen LogP contribution in [0, 0.1) is 11.5 Å². The van der Waals surface area contributed by atoms with Gasteiger partial charge in [-0.2, -0.15) is 5.26 Å². The van der Waals surface area contributed by atoms with E-state index in [2.05, 4.69) is 0 Å². The Morgan fingerprint density at radius 2 is 2.12 bits per heavy atom. The summed E-state index contributed by atoms with van der Waals surface area (Å²) in [6, 6.07) is 1.00. The molecule has 0 atom stereocenters. The van der Waals surface area contributed by atoms with Gasteiger partial charge in [0.05, 0.1) is 0 Å². The van der Waals surface area contributed by atoms with Crippen LogP contribution in [0.15, 0.2) is 0 Å². The fourth-order valence-corrected chi connectivity index (χ4v) is 0.587. The highest BCUT2D eigenvalue weighted by Crippen LogP contribution is 2.07. The van der Waals surface area contributed by atoms with Gasteiger partial charge in [-0.05, 0) is 19.1 Å². The fourth-order valence-electron chi connectivity index (χ4n) is 0.196. The fraction of sp³-hybridized carbons (Fsp3) is 0.800. The Labute approximate surface area is 51.2 Å². The highest BCUT2D eigenvalue weighted by Gasteiger charge is 2.20. The van der Waals surface area contributed by atoms with Crippen molar-refractivity contribution in [1.29, 1.82) is 5.26 Å². The molecule has 3 heteroatoms. The second kappa shape index (κ2) is 2.73. The Balaban J connectivity index is 3.58. The number of nitriles is 1. The van der Waals surface area contributed by atoms with Crippen molar-refractivity contribution in [3.8, 4) is 6.26 Å². The topological polar surface area (TPSA) is 33.0 Å². The maximum absolute atomic E-state index is 8.10. The molecule has 0 unspecified atom stereocenters. The van der Waals surface area contributed by atoms with Gasteiger partial charge in [-0.1, -0.05) is 6.92 Å². The average Bonchev–Trinajstić information content (AvgIpc) is 1.67. The van der Waals surface area contributed by atoms with Crippen molar-refractivity contribution in [3.63, 3.8) is 0 Å². The molecule has 0 N–H and O–H groups in total. The van der Waals surface area contributed by atoms with Gasteiger partial charge >= 0.3 is 0 Å². The second-order valence-corrected chi connectivity index (χ2v) is 6.74. The molecule has 0 spiro atoms. The number of rotatable bonds is 2. The summed E-state index contributed by atoms with van der Waals surface area (Å²) >= 11 is 0. The minimum atomic E-state index is -1.54. The molecule has 0 amide bonds. The van der Waals surface area contributed by atoms with Crippen LogP contribution in [0.3, 0.4) is 0 Å². The summed E-state index contributed by atoms with van der Waals surface area (Å²) in [6.07, 6.45) is 1.72. The van der Waals surface area contributed by atoms with E-state index in [-0.39, 0.29) is 0 Å². The van der Waals surface area contributed by atoms with Gasteiger partial charge in [0, 0.05) is 0 Å². The van der Waals surface area contributed by atoms with E-state index in [4.69, 9.17) is 9.69 Å². The molecule has 46 valence electrons. The Morgan fingerprint density at radius 1 is 1.62 bits per heavy atom. The quantitative estimate of drug-likeness (QED) is 0.420. The van der Waals surface area contributed by atoms with E-state index in [1.165, 1.54) is 0 Å². The monoisotopic (exact) mass is 129 g/mol. The zero-order chi connectivity index (χ0) is 6.62. The third kappa shape index (κ3) is 2.64. The minimum Gasteiger partial charge on any atom is -0.482 e. The highest BCUT2D eigenvalue weighted by molar-refractivity contribution is 6.71. The van der Waals surface area contributed by atoms with Gasteiger partial charge in [0.2, 0.25) is 0 Å². The summed E-state index contributed by atoms with van der Waals surface area (Å²) in [5, 5.41) is 8.10. The molecular formula is C5H11NOSi. The molecule has 0 aromatic carbocycles. The molecule has 0 saturated carbocycles. The lowest BCUT2D eigenvalue weighted by Crippen LogP contribution is -2.26. The molecule has 0 heterocycles. The molecule has 0 aliphatic carbocycles. The van der Waals surface area contributed by atoms with Gasteiger partial charge in [-0.15, -0.1) is 0 Å². The summed E-state index contributed by atoms with van der Waals surface area (Å²) in [6.45, 7) is 6.09. The predicted octanol–water partition coefficient (Wildman–Crippen LogP) is 1.71. The van der Waals surface area contributed by atoms with Crippen LogP contribution in [0.4, 0.5) is 0 Å². The predicted molar refractivity (Wildman–Crippen MR) is 34.7 cm³/mol. The van der Waals surface area contributed by atoms with Crippen LogP contribution in [-0.2, 0) is 4.43 Å². The Kier molecular flexibility index (Phi) is 2.56. The van der Waals surface area contributed by atoms with Crippen LogP contribution >= 0.6 is 0 Å². The van der Waals surface area contributed by atoms with Crippen molar-refractivity contribution in [1.82, 2.24) is 0 Å². The normalized spacial score (nSPS) is 10.2. The molecule has 0 rings (SSSR count). The van der Waals surface area contributed by atoms with Crippen molar-refractivity contribution < 1.29 is 4.43 Å². The molecule has 2 nitrogen and oxygen atoms in total. The first-order valence-corrected chi connectivity index (χ1v) is 5.81. The lowest BCUT2D eigenvalue weighted by atomic mass is 11.0. The second-order valence-electron chi connectivity index (χ2n) is 2.31. The SMILES string of the molecule is CC[Si](C)(C)OC#N. The van der Waals surface area contributed by atoms with Crippen molar-refractivity contribution >= 4 is 8.32 Å². The summed E-state index contributed by atoms with van der Waals surface area (Å²) in [4.78, 5) is 0. The van der Waals surface area contributed by atoms with Crippen LogP contribution in [-0.4, -0.2) is 8.32 Å². The van der Waals surface area contributed by atoms with Gasteiger partial charge in [0.1, 0.15) is 0 Å². The molecule has 0 aliphatic heterocycles. The molecule has 0 aliphatic rings. The molecule has 0 bridgehead atoms. The summed E-state index contributed by atoms with van der Waals surface area (Å²) < 4.78 is 4.82. The molecule has 8 heavy (non-hydrogen) atoms. The van der Waals surface area contributed by atoms with E-state index in [9.17, 15) is 0 Å². The summed E-state index contributed by atoms with van der Waals surface area (Å²) in [7, 11) is -1.54. The van der Waals surface area contributed by atoms with Crippen molar-refractivity contribution in [2.45, 2.75) is 26.1 Å². The van der Waals surface area contributed by atoms with Crippen LogP contribution in [0.2, 0.25) is 19.1 Å². The number of hydrogen-bond acceptors (Lipinski definition) is 2. The van der Waals surface area contributed by atoms with Crippen molar-refractivity contribution in [2.24, 2.45) is 0 Å². The molecule has 0 saturated heterocycles. The molecule has 0 fully saturated rings. The lowest BCUT2D eigenvalue weighted by Gasteiger charge is -2.13. The first-order valence-electron chi connectivity index (χ1n) is 2.69.